The number of hydrogen-bond acceptors (Lipinski definition) is 5. The maximum atomic E-state index is 13.6. The molecule has 0 fully saturated rings. The largest absolute Gasteiger partial charge is 0.341 e. The van der Waals surface area contributed by atoms with Crippen LogP contribution >= 0.6 is 11.8 Å². The van der Waals surface area contributed by atoms with Crippen molar-refractivity contribution in [2.24, 2.45) is 0 Å². The third kappa shape index (κ3) is 4.51. The van der Waals surface area contributed by atoms with Crippen LogP contribution in [0.5, 0.6) is 0 Å². The summed E-state index contributed by atoms with van der Waals surface area (Å²) >= 11 is 1.27. The molecule has 0 radical (unpaired) electrons. The zero-order valence-corrected chi connectivity index (χ0v) is 14.5. The van der Waals surface area contributed by atoms with E-state index in [9.17, 15) is 9.18 Å². The van der Waals surface area contributed by atoms with Gasteiger partial charge in [-0.3, -0.25) is 4.79 Å². The van der Waals surface area contributed by atoms with Crippen molar-refractivity contribution >= 4 is 17.7 Å². The van der Waals surface area contributed by atoms with Crippen molar-refractivity contribution < 1.29 is 9.18 Å². The first-order valence-corrected chi connectivity index (χ1v) is 8.16. The lowest BCUT2D eigenvalue weighted by Crippen LogP contribution is -2.29. The van der Waals surface area contributed by atoms with Crippen LogP contribution in [0.4, 0.5) is 4.39 Å². The molecule has 6 nitrogen and oxygen atoms in total. The Morgan fingerprint density at radius 2 is 2.04 bits per heavy atom. The molecule has 2 aromatic rings. The molecule has 23 heavy (non-hydrogen) atoms. The van der Waals surface area contributed by atoms with Gasteiger partial charge in [0.2, 0.25) is 11.1 Å². The maximum Gasteiger partial charge on any atom is 0.233 e. The Kier molecular flexibility index (Phi) is 5.35. The highest BCUT2D eigenvalue weighted by molar-refractivity contribution is 7.99. The summed E-state index contributed by atoms with van der Waals surface area (Å²) in [6, 6.07) is 6.44. The molecule has 1 aromatic heterocycles. The SMILES string of the molecule is CN(Cc1ccccc1F)C(=O)CSc1nnnn1C(C)(C)C. The van der Waals surface area contributed by atoms with E-state index in [1.807, 2.05) is 20.8 Å². The topological polar surface area (TPSA) is 63.9 Å². The van der Waals surface area contributed by atoms with E-state index in [0.717, 1.165) is 0 Å². The Bertz CT molecular complexity index is 683. The number of carbonyl (C=O) groups is 1. The summed E-state index contributed by atoms with van der Waals surface area (Å²) in [6.45, 7) is 6.19. The molecule has 2 rings (SSSR count). The van der Waals surface area contributed by atoms with E-state index >= 15 is 0 Å². The average Bonchev–Trinajstić information content (AvgIpc) is 2.95. The van der Waals surface area contributed by atoms with E-state index in [1.165, 1.54) is 22.7 Å². The molecule has 0 aliphatic carbocycles. The van der Waals surface area contributed by atoms with Gasteiger partial charge in [-0.15, -0.1) is 5.10 Å². The third-order valence-corrected chi connectivity index (χ3v) is 4.10. The van der Waals surface area contributed by atoms with Gasteiger partial charge in [-0.05, 0) is 37.3 Å². The van der Waals surface area contributed by atoms with Gasteiger partial charge in [-0.1, -0.05) is 30.0 Å². The van der Waals surface area contributed by atoms with Gasteiger partial charge >= 0.3 is 0 Å². The van der Waals surface area contributed by atoms with Crippen molar-refractivity contribution in [3.8, 4) is 0 Å². The fraction of sp³-hybridized carbons (Fsp3) is 0.467. The van der Waals surface area contributed by atoms with E-state index in [4.69, 9.17) is 0 Å². The highest BCUT2D eigenvalue weighted by Crippen LogP contribution is 2.21. The Morgan fingerprint density at radius 3 is 2.70 bits per heavy atom. The van der Waals surface area contributed by atoms with Gasteiger partial charge in [-0.2, -0.15) is 0 Å². The minimum atomic E-state index is -0.309. The minimum absolute atomic E-state index is 0.110. The molecule has 8 heteroatoms. The maximum absolute atomic E-state index is 13.6. The van der Waals surface area contributed by atoms with Crippen LogP contribution in [0.25, 0.3) is 0 Å². The highest BCUT2D eigenvalue weighted by Gasteiger charge is 2.21. The van der Waals surface area contributed by atoms with E-state index in [-0.39, 0.29) is 29.6 Å². The Morgan fingerprint density at radius 1 is 1.35 bits per heavy atom. The van der Waals surface area contributed by atoms with E-state index < -0.39 is 0 Å². The second kappa shape index (κ2) is 7.08. The lowest BCUT2D eigenvalue weighted by molar-refractivity contribution is -0.127. The Labute approximate surface area is 139 Å². The quantitative estimate of drug-likeness (QED) is 0.784. The number of carbonyl (C=O) groups excluding carboxylic acids is 1. The molecule has 0 N–H and O–H groups in total. The van der Waals surface area contributed by atoms with Crippen LogP contribution in [0.15, 0.2) is 29.4 Å². The molecule has 0 aliphatic rings. The highest BCUT2D eigenvalue weighted by atomic mass is 32.2. The number of thioether (sulfide) groups is 1. The monoisotopic (exact) mass is 337 g/mol. The molecule has 1 heterocycles. The number of amides is 1. The van der Waals surface area contributed by atoms with Gasteiger partial charge in [0, 0.05) is 19.2 Å². The van der Waals surface area contributed by atoms with Crippen molar-refractivity contribution in [2.75, 3.05) is 12.8 Å². The first kappa shape index (κ1) is 17.4. The van der Waals surface area contributed by atoms with Crippen molar-refractivity contribution in [3.05, 3.63) is 35.6 Å². The number of hydrogen-bond donors (Lipinski definition) is 0. The van der Waals surface area contributed by atoms with Crippen molar-refractivity contribution in [1.29, 1.82) is 0 Å². The number of tetrazole rings is 1. The second-order valence-electron chi connectivity index (χ2n) is 6.17. The Hall–Kier alpha value is -1.96. The van der Waals surface area contributed by atoms with Gasteiger partial charge in [0.15, 0.2) is 0 Å². The fourth-order valence-electron chi connectivity index (χ4n) is 1.90. The molecule has 0 saturated carbocycles. The van der Waals surface area contributed by atoms with Crippen molar-refractivity contribution in [3.63, 3.8) is 0 Å². The smallest absolute Gasteiger partial charge is 0.233 e. The predicted octanol–water partition coefficient (Wildman–Crippen LogP) is 2.32. The fourth-order valence-corrected chi connectivity index (χ4v) is 2.90. The summed E-state index contributed by atoms with van der Waals surface area (Å²) in [7, 11) is 1.65. The van der Waals surface area contributed by atoms with Crippen LogP contribution in [-0.4, -0.2) is 43.8 Å². The van der Waals surface area contributed by atoms with Crippen LogP contribution in [0.2, 0.25) is 0 Å². The molecule has 0 atom stereocenters. The lowest BCUT2D eigenvalue weighted by atomic mass is 10.1. The first-order chi connectivity index (χ1) is 10.8. The van der Waals surface area contributed by atoms with Gasteiger partial charge in [0.1, 0.15) is 5.82 Å². The molecular weight excluding hydrogens is 317 g/mol. The summed E-state index contributed by atoms with van der Waals surface area (Å²) in [6.07, 6.45) is 0. The molecular formula is C15H20FN5OS. The molecule has 0 spiro atoms. The standard InChI is InChI=1S/C15H20FN5OS/c1-15(2,3)21-14(17-18-19-21)23-10-13(22)20(4)9-11-7-5-6-8-12(11)16/h5-8H,9-10H2,1-4H3. The molecule has 0 unspecified atom stereocenters. The van der Waals surface area contributed by atoms with E-state index in [2.05, 4.69) is 15.5 Å². The number of rotatable bonds is 5. The van der Waals surface area contributed by atoms with Gasteiger partial charge < -0.3 is 4.90 Å². The summed E-state index contributed by atoms with van der Waals surface area (Å²) in [4.78, 5) is 13.7. The van der Waals surface area contributed by atoms with Crippen LogP contribution < -0.4 is 0 Å². The van der Waals surface area contributed by atoms with Crippen LogP contribution in [0, 0.1) is 5.82 Å². The molecule has 124 valence electrons. The molecule has 0 bridgehead atoms. The van der Waals surface area contributed by atoms with Crippen molar-refractivity contribution in [1.82, 2.24) is 25.1 Å². The van der Waals surface area contributed by atoms with Crippen molar-refractivity contribution in [2.45, 2.75) is 38.0 Å². The molecule has 0 saturated heterocycles. The number of halogens is 1. The van der Waals surface area contributed by atoms with Gasteiger partial charge in [0.25, 0.3) is 0 Å². The predicted molar refractivity (Wildman–Crippen MR) is 86.4 cm³/mol. The summed E-state index contributed by atoms with van der Waals surface area (Å²) in [5, 5.41) is 12.1. The normalized spacial score (nSPS) is 11.5. The molecule has 1 aromatic carbocycles. The molecule has 1 amide bonds. The van der Waals surface area contributed by atoms with Crippen LogP contribution in [0.1, 0.15) is 26.3 Å². The van der Waals surface area contributed by atoms with Gasteiger partial charge in [0.05, 0.1) is 11.3 Å². The zero-order valence-electron chi connectivity index (χ0n) is 13.7. The second-order valence-corrected chi connectivity index (χ2v) is 7.12. The van der Waals surface area contributed by atoms with Gasteiger partial charge in [-0.25, -0.2) is 9.07 Å². The number of benzene rings is 1. The third-order valence-electron chi connectivity index (χ3n) is 3.19. The number of nitrogens with zero attached hydrogens (tertiary/aromatic N) is 5. The summed E-state index contributed by atoms with van der Waals surface area (Å²) < 4.78 is 15.3. The van der Waals surface area contributed by atoms with Crippen LogP contribution in [-0.2, 0) is 16.9 Å². The Balaban J connectivity index is 1.95. The molecule has 0 aliphatic heterocycles. The van der Waals surface area contributed by atoms with Crippen LogP contribution in [0.3, 0.4) is 0 Å². The lowest BCUT2D eigenvalue weighted by Gasteiger charge is -2.20. The number of aromatic nitrogens is 4. The average molecular weight is 337 g/mol. The summed E-state index contributed by atoms with van der Waals surface area (Å²) in [5.41, 5.74) is 0.237. The summed E-state index contributed by atoms with van der Waals surface area (Å²) in [5.74, 6) is -0.223. The van der Waals surface area contributed by atoms with E-state index in [1.54, 1.807) is 29.9 Å². The first-order valence-electron chi connectivity index (χ1n) is 7.18. The zero-order chi connectivity index (χ0) is 17.0. The minimum Gasteiger partial charge on any atom is -0.341 e. The van der Waals surface area contributed by atoms with E-state index in [0.29, 0.717) is 10.7 Å².